The maximum absolute atomic E-state index is 6.35. The van der Waals surface area contributed by atoms with Gasteiger partial charge in [-0.05, 0) is 46.0 Å². The van der Waals surface area contributed by atoms with E-state index in [-0.39, 0.29) is 0 Å². The topological polar surface area (TPSA) is 27.7 Å². The highest BCUT2D eigenvalue weighted by Gasteiger charge is 2.18. The largest absolute Gasteiger partial charge is 0.497 e. The van der Waals surface area contributed by atoms with Crippen molar-refractivity contribution in [3.63, 3.8) is 0 Å². The second-order valence-electron chi connectivity index (χ2n) is 7.79. The van der Waals surface area contributed by atoms with Crippen LogP contribution in [0.2, 0.25) is 0 Å². The molecule has 0 heterocycles. The molecule has 4 rings (SSSR count). The molecule has 0 atom stereocenters. The molecule has 0 saturated carbocycles. The van der Waals surface area contributed by atoms with Gasteiger partial charge in [0, 0.05) is 22.3 Å². The minimum absolute atomic E-state index is 0.477. The smallest absolute Gasteiger partial charge is 0.131 e. The molecule has 0 spiro atoms. The molecule has 0 fully saturated rings. The zero-order valence-corrected chi connectivity index (χ0v) is 22.1. The molecule has 0 aliphatic carbocycles. The number of benzene rings is 4. The summed E-state index contributed by atoms with van der Waals surface area (Å²) in [6, 6.07) is 30.6. The van der Waals surface area contributed by atoms with Gasteiger partial charge in [-0.15, -0.1) is 0 Å². The van der Waals surface area contributed by atoms with Crippen molar-refractivity contribution in [2.75, 3.05) is 7.11 Å². The van der Waals surface area contributed by atoms with E-state index in [0.29, 0.717) is 23.9 Å². The van der Waals surface area contributed by atoms with E-state index >= 15 is 0 Å². The van der Waals surface area contributed by atoms with Crippen LogP contribution in [0.3, 0.4) is 0 Å². The number of hydrogen-bond acceptors (Lipinski definition) is 3. The molecule has 0 N–H and O–H groups in total. The molecule has 0 radical (unpaired) electrons. The van der Waals surface area contributed by atoms with Crippen LogP contribution in [-0.4, -0.2) is 7.11 Å². The van der Waals surface area contributed by atoms with E-state index in [1.807, 2.05) is 48.5 Å². The van der Waals surface area contributed by atoms with Crippen LogP contribution in [0.4, 0.5) is 0 Å². The number of hydrogen-bond donors (Lipinski definition) is 0. The Morgan fingerprint density at radius 2 is 1.21 bits per heavy atom. The molecule has 174 valence electrons. The van der Waals surface area contributed by atoms with Gasteiger partial charge in [0.15, 0.2) is 0 Å². The molecule has 0 amide bonds. The van der Waals surface area contributed by atoms with Gasteiger partial charge >= 0.3 is 0 Å². The van der Waals surface area contributed by atoms with E-state index in [0.717, 1.165) is 50.6 Å². The quantitative estimate of drug-likeness (QED) is 0.176. The zero-order valence-electron chi connectivity index (χ0n) is 19.0. The summed E-state index contributed by atoms with van der Waals surface area (Å²) in [7, 11) is 1.68. The highest BCUT2D eigenvalue weighted by Crippen LogP contribution is 2.41. The molecule has 4 aromatic rings. The first-order valence-corrected chi connectivity index (χ1v) is 13.3. The molecule has 5 heteroatoms. The highest BCUT2D eigenvalue weighted by atomic mass is 79.9. The monoisotopic (exact) mass is 580 g/mol. The standard InChI is InChI=1S/C29H26Br2O3/c1-32-26-15-24(18-31)29(28(16-26)34-20-22-10-6-3-7-11-22)27-13-12-25(14-23(27)17-30)33-19-21-8-4-2-5-9-21/h2-16H,17-20H2,1H3. The fraction of sp³-hybridized carbons (Fsp3) is 0.172. The van der Waals surface area contributed by atoms with Gasteiger partial charge < -0.3 is 14.2 Å². The third kappa shape index (κ3) is 6.02. The summed E-state index contributed by atoms with van der Waals surface area (Å²) < 4.78 is 18.0. The van der Waals surface area contributed by atoms with E-state index in [1.165, 1.54) is 0 Å². The van der Waals surface area contributed by atoms with Crippen molar-refractivity contribution in [2.45, 2.75) is 23.9 Å². The lowest BCUT2D eigenvalue weighted by atomic mass is 9.95. The molecule has 0 aromatic heterocycles. The van der Waals surface area contributed by atoms with Gasteiger partial charge in [-0.1, -0.05) is 98.6 Å². The summed E-state index contributed by atoms with van der Waals surface area (Å²) in [4.78, 5) is 0. The predicted octanol–water partition coefficient (Wildman–Crippen LogP) is 8.31. The van der Waals surface area contributed by atoms with Gasteiger partial charge in [0.2, 0.25) is 0 Å². The first-order valence-electron chi connectivity index (χ1n) is 11.0. The SMILES string of the molecule is COc1cc(CBr)c(-c2ccc(OCc3ccccc3)cc2CBr)c(OCc2ccccc2)c1. The lowest BCUT2D eigenvalue weighted by Crippen LogP contribution is -2.02. The van der Waals surface area contributed by atoms with Crippen molar-refractivity contribution in [3.8, 4) is 28.4 Å². The molecular weight excluding hydrogens is 556 g/mol. The molecular formula is C29H26Br2O3. The third-order valence-corrected chi connectivity index (χ3v) is 6.72. The van der Waals surface area contributed by atoms with Crippen molar-refractivity contribution in [1.82, 2.24) is 0 Å². The lowest BCUT2D eigenvalue weighted by molar-refractivity contribution is 0.304. The minimum Gasteiger partial charge on any atom is -0.497 e. The van der Waals surface area contributed by atoms with E-state index in [4.69, 9.17) is 14.2 Å². The summed E-state index contributed by atoms with van der Waals surface area (Å²) >= 11 is 7.34. The van der Waals surface area contributed by atoms with Crippen molar-refractivity contribution < 1.29 is 14.2 Å². The average molecular weight is 582 g/mol. The van der Waals surface area contributed by atoms with E-state index in [1.54, 1.807) is 7.11 Å². The van der Waals surface area contributed by atoms with Gasteiger partial charge in [-0.2, -0.15) is 0 Å². The average Bonchev–Trinajstić information content (AvgIpc) is 2.91. The van der Waals surface area contributed by atoms with Crippen LogP contribution >= 0.6 is 31.9 Å². The fourth-order valence-electron chi connectivity index (χ4n) is 3.78. The predicted molar refractivity (Wildman–Crippen MR) is 145 cm³/mol. The maximum atomic E-state index is 6.35. The molecule has 0 aliphatic rings. The van der Waals surface area contributed by atoms with Gasteiger partial charge in [-0.3, -0.25) is 0 Å². The molecule has 3 nitrogen and oxygen atoms in total. The van der Waals surface area contributed by atoms with Crippen LogP contribution in [-0.2, 0) is 23.9 Å². The Morgan fingerprint density at radius 3 is 1.79 bits per heavy atom. The second kappa shape index (κ2) is 12.1. The van der Waals surface area contributed by atoms with Gasteiger partial charge in [0.25, 0.3) is 0 Å². The van der Waals surface area contributed by atoms with Crippen LogP contribution < -0.4 is 14.2 Å². The highest BCUT2D eigenvalue weighted by molar-refractivity contribution is 9.08. The fourth-order valence-corrected chi connectivity index (χ4v) is 4.68. The Hall–Kier alpha value is -2.76. The number of alkyl halides is 2. The van der Waals surface area contributed by atoms with E-state index in [2.05, 4.69) is 74.3 Å². The second-order valence-corrected chi connectivity index (χ2v) is 8.92. The van der Waals surface area contributed by atoms with Crippen LogP contribution in [0.1, 0.15) is 22.3 Å². The summed E-state index contributed by atoms with van der Waals surface area (Å²) in [6.07, 6.45) is 0. The van der Waals surface area contributed by atoms with Crippen molar-refractivity contribution in [1.29, 1.82) is 0 Å². The Kier molecular flexibility index (Phi) is 8.67. The molecule has 0 saturated heterocycles. The van der Waals surface area contributed by atoms with Crippen molar-refractivity contribution in [2.24, 2.45) is 0 Å². The Bertz CT molecular complexity index is 1210. The van der Waals surface area contributed by atoms with Gasteiger partial charge in [0.1, 0.15) is 30.5 Å². The molecule has 0 unspecified atom stereocenters. The molecule has 0 bridgehead atoms. The number of methoxy groups -OCH3 is 1. The summed E-state index contributed by atoms with van der Waals surface area (Å²) in [5.41, 5.74) is 6.63. The van der Waals surface area contributed by atoms with Crippen LogP contribution in [0.15, 0.2) is 91.0 Å². The number of ether oxygens (including phenoxy) is 3. The molecule has 4 aromatic carbocycles. The lowest BCUT2D eigenvalue weighted by Gasteiger charge is -2.19. The van der Waals surface area contributed by atoms with Gasteiger partial charge in [0.05, 0.1) is 7.11 Å². The number of halogens is 2. The summed E-state index contributed by atoms with van der Waals surface area (Å²) in [6.45, 7) is 1.01. The maximum Gasteiger partial charge on any atom is 0.131 e. The molecule has 34 heavy (non-hydrogen) atoms. The van der Waals surface area contributed by atoms with Crippen LogP contribution in [0.25, 0.3) is 11.1 Å². The van der Waals surface area contributed by atoms with Crippen molar-refractivity contribution in [3.05, 3.63) is 113 Å². The van der Waals surface area contributed by atoms with Crippen LogP contribution in [0.5, 0.6) is 17.2 Å². The van der Waals surface area contributed by atoms with Gasteiger partial charge in [-0.25, -0.2) is 0 Å². The summed E-state index contributed by atoms with van der Waals surface area (Å²) in [5.74, 6) is 2.39. The Morgan fingerprint density at radius 1 is 0.618 bits per heavy atom. The van der Waals surface area contributed by atoms with E-state index < -0.39 is 0 Å². The zero-order chi connectivity index (χ0) is 23.8. The number of rotatable bonds is 10. The van der Waals surface area contributed by atoms with Crippen molar-refractivity contribution >= 4 is 31.9 Å². The summed E-state index contributed by atoms with van der Waals surface area (Å²) in [5, 5.41) is 1.37. The Labute approximate surface area is 218 Å². The minimum atomic E-state index is 0.477. The van der Waals surface area contributed by atoms with Crippen LogP contribution in [0, 0.1) is 0 Å². The first-order chi connectivity index (χ1) is 16.7. The normalized spacial score (nSPS) is 10.7. The Balaban J connectivity index is 1.68. The third-order valence-electron chi connectivity index (χ3n) is 5.51. The first kappa shape index (κ1) is 24.4. The molecule has 0 aliphatic heterocycles. The van der Waals surface area contributed by atoms with E-state index in [9.17, 15) is 0 Å².